The summed E-state index contributed by atoms with van der Waals surface area (Å²) in [5.41, 5.74) is 1.20. The van der Waals surface area contributed by atoms with E-state index in [2.05, 4.69) is 22.1 Å². The summed E-state index contributed by atoms with van der Waals surface area (Å²) < 4.78 is 27.7. The van der Waals surface area contributed by atoms with Crippen LogP contribution in [0.4, 0.5) is 5.13 Å². The Balaban J connectivity index is 1.57. The minimum absolute atomic E-state index is 0.0675. The summed E-state index contributed by atoms with van der Waals surface area (Å²) >= 11 is 1.47. The van der Waals surface area contributed by atoms with Crippen LogP contribution in [-0.4, -0.2) is 54.7 Å². The second-order valence-electron chi connectivity index (χ2n) is 7.42. The van der Waals surface area contributed by atoms with Gasteiger partial charge in [-0.25, -0.2) is 13.4 Å². The second kappa shape index (κ2) is 8.51. The second-order valence-corrected chi connectivity index (χ2v) is 10.4. The first kappa shape index (κ1) is 20.5. The van der Waals surface area contributed by atoms with Crippen LogP contribution in [0.15, 0.2) is 29.2 Å². The summed E-state index contributed by atoms with van der Waals surface area (Å²) in [6.07, 6.45) is 3.62. The highest BCUT2D eigenvalue weighted by Crippen LogP contribution is 2.29. The number of fused-ring (bicyclic) bond motifs is 1. The molecule has 1 fully saturated rings. The Bertz CT molecular complexity index is 997. The molecule has 1 aromatic carbocycles. The third-order valence-corrected chi connectivity index (χ3v) is 8.50. The lowest BCUT2D eigenvalue weighted by Crippen LogP contribution is -2.36. The number of carbonyl (C=O) groups is 1. The molecular formula is C20H26N4O3S2. The van der Waals surface area contributed by atoms with Gasteiger partial charge in [0.2, 0.25) is 10.0 Å². The van der Waals surface area contributed by atoms with Gasteiger partial charge < -0.3 is 0 Å². The molecule has 2 aromatic rings. The number of thiazole rings is 1. The van der Waals surface area contributed by atoms with E-state index in [1.165, 1.54) is 26.6 Å². The van der Waals surface area contributed by atoms with Crippen LogP contribution in [0.25, 0.3) is 0 Å². The molecule has 3 heterocycles. The van der Waals surface area contributed by atoms with Gasteiger partial charge in [-0.15, -0.1) is 11.3 Å². The van der Waals surface area contributed by atoms with Gasteiger partial charge in [-0.3, -0.25) is 15.0 Å². The third-order valence-electron chi connectivity index (χ3n) is 5.54. The molecule has 29 heavy (non-hydrogen) atoms. The summed E-state index contributed by atoms with van der Waals surface area (Å²) in [6.45, 7) is 5.95. The van der Waals surface area contributed by atoms with E-state index in [4.69, 9.17) is 0 Å². The molecule has 2 aliphatic heterocycles. The van der Waals surface area contributed by atoms with Gasteiger partial charge >= 0.3 is 0 Å². The molecule has 2 aliphatic rings. The van der Waals surface area contributed by atoms with Crippen molar-refractivity contribution >= 4 is 32.4 Å². The van der Waals surface area contributed by atoms with Gasteiger partial charge in [0.1, 0.15) is 0 Å². The largest absolute Gasteiger partial charge is 0.298 e. The molecule has 1 amide bonds. The van der Waals surface area contributed by atoms with Gasteiger partial charge in [0.05, 0.1) is 16.2 Å². The van der Waals surface area contributed by atoms with Crippen LogP contribution in [0.2, 0.25) is 0 Å². The van der Waals surface area contributed by atoms with Crippen molar-refractivity contribution in [1.29, 1.82) is 0 Å². The average Bonchev–Trinajstić information content (AvgIpc) is 3.15. The molecule has 1 aromatic heterocycles. The number of amides is 1. The van der Waals surface area contributed by atoms with Crippen molar-refractivity contribution in [3.05, 3.63) is 40.4 Å². The van der Waals surface area contributed by atoms with Gasteiger partial charge in [0.25, 0.3) is 5.91 Å². The normalized spacial score (nSPS) is 18.4. The number of piperidine rings is 1. The van der Waals surface area contributed by atoms with Crippen LogP contribution in [0, 0.1) is 0 Å². The SMILES string of the molecule is CCN1CCc2nc(NC(=O)c3ccccc3S(=O)(=O)N3CCCCC3)sc2C1. The van der Waals surface area contributed by atoms with E-state index in [1.54, 1.807) is 18.2 Å². The molecule has 9 heteroatoms. The Hall–Kier alpha value is -1.81. The van der Waals surface area contributed by atoms with E-state index in [0.29, 0.717) is 18.2 Å². The molecule has 4 rings (SSSR count). The summed E-state index contributed by atoms with van der Waals surface area (Å²) in [5.74, 6) is -0.431. The summed E-state index contributed by atoms with van der Waals surface area (Å²) in [5, 5.41) is 3.36. The Morgan fingerprint density at radius 2 is 1.93 bits per heavy atom. The fraction of sp³-hybridized carbons (Fsp3) is 0.500. The Labute approximate surface area is 175 Å². The van der Waals surface area contributed by atoms with E-state index < -0.39 is 15.9 Å². The zero-order valence-corrected chi connectivity index (χ0v) is 18.2. The maximum Gasteiger partial charge on any atom is 0.258 e. The highest BCUT2D eigenvalue weighted by Gasteiger charge is 2.30. The number of nitrogens with one attached hydrogen (secondary N) is 1. The maximum absolute atomic E-state index is 13.1. The minimum Gasteiger partial charge on any atom is -0.298 e. The predicted octanol–water partition coefficient (Wildman–Crippen LogP) is 2.95. The number of hydrogen-bond acceptors (Lipinski definition) is 6. The van der Waals surface area contributed by atoms with Crippen LogP contribution in [0.5, 0.6) is 0 Å². The van der Waals surface area contributed by atoms with Crippen molar-refractivity contribution < 1.29 is 13.2 Å². The van der Waals surface area contributed by atoms with Gasteiger partial charge in [-0.2, -0.15) is 4.31 Å². The van der Waals surface area contributed by atoms with Crippen molar-refractivity contribution in [2.75, 3.05) is 31.5 Å². The fourth-order valence-corrected chi connectivity index (χ4v) is 6.61. The van der Waals surface area contributed by atoms with Gasteiger partial charge in [0, 0.05) is 37.5 Å². The van der Waals surface area contributed by atoms with Gasteiger partial charge in [-0.1, -0.05) is 25.5 Å². The molecule has 156 valence electrons. The zero-order valence-electron chi connectivity index (χ0n) is 16.6. The van der Waals surface area contributed by atoms with Crippen molar-refractivity contribution in [2.24, 2.45) is 0 Å². The van der Waals surface area contributed by atoms with Crippen molar-refractivity contribution in [3.8, 4) is 0 Å². The molecule has 0 unspecified atom stereocenters. The maximum atomic E-state index is 13.1. The molecule has 0 saturated carbocycles. The fourth-order valence-electron chi connectivity index (χ4n) is 3.86. The number of sulfonamides is 1. The number of hydrogen-bond donors (Lipinski definition) is 1. The van der Waals surface area contributed by atoms with Crippen LogP contribution >= 0.6 is 11.3 Å². The average molecular weight is 435 g/mol. The number of nitrogens with zero attached hydrogens (tertiary/aromatic N) is 3. The minimum atomic E-state index is -3.69. The van der Waals surface area contributed by atoms with Gasteiger partial charge in [0.15, 0.2) is 5.13 Å². The molecule has 7 nitrogen and oxygen atoms in total. The van der Waals surface area contributed by atoms with Crippen molar-refractivity contribution in [3.63, 3.8) is 0 Å². The lowest BCUT2D eigenvalue weighted by molar-refractivity contribution is 0.102. The van der Waals surface area contributed by atoms with E-state index in [1.807, 2.05) is 0 Å². The van der Waals surface area contributed by atoms with E-state index in [-0.39, 0.29) is 10.5 Å². The van der Waals surface area contributed by atoms with Crippen LogP contribution < -0.4 is 5.32 Å². The van der Waals surface area contributed by atoms with Crippen LogP contribution in [0.1, 0.15) is 47.1 Å². The van der Waals surface area contributed by atoms with Crippen LogP contribution in [-0.2, 0) is 23.0 Å². The van der Waals surface area contributed by atoms with E-state index in [9.17, 15) is 13.2 Å². The number of likely N-dealkylation sites (N-methyl/N-ethyl adjacent to an activating group) is 1. The highest BCUT2D eigenvalue weighted by atomic mass is 32.2. The molecule has 0 aliphatic carbocycles. The number of benzene rings is 1. The molecule has 0 radical (unpaired) electrons. The number of carbonyl (C=O) groups excluding carboxylic acids is 1. The highest BCUT2D eigenvalue weighted by molar-refractivity contribution is 7.89. The first-order chi connectivity index (χ1) is 14.0. The topological polar surface area (TPSA) is 82.6 Å². The van der Waals surface area contributed by atoms with Crippen LogP contribution in [0.3, 0.4) is 0 Å². The monoisotopic (exact) mass is 434 g/mol. The van der Waals surface area contributed by atoms with Crippen molar-refractivity contribution in [2.45, 2.75) is 44.0 Å². The molecule has 0 spiro atoms. The molecular weight excluding hydrogens is 408 g/mol. The first-order valence-corrected chi connectivity index (χ1v) is 12.4. The van der Waals surface area contributed by atoms with Gasteiger partial charge in [-0.05, 0) is 31.5 Å². The Kier molecular flexibility index (Phi) is 6.00. The summed E-state index contributed by atoms with van der Waals surface area (Å²) in [7, 11) is -3.69. The number of rotatable bonds is 5. The Morgan fingerprint density at radius 3 is 2.69 bits per heavy atom. The lowest BCUT2D eigenvalue weighted by atomic mass is 10.2. The Morgan fingerprint density at radius 1 is 1.17 bits per heavy atom. The number of anilines is 1. The third kappa shape index (κ3) is 4.23. The molecule has 0 bridgehead atoms. The summed E-state index contributed by atoms with van der Waals surface area (Å²) in [4.78, 5) is 21.1. The first-order valence-electron chi connectivity index (χ1n) is 10.1. The molecule has 1 N–H and O–H groups in total. The summed E-state index contributed by atoms with van der Waals surface area (Å²) in [6, 6.07) is 6.44. The van der Waals surface area contributed by atoms with Crippen molar-refractivity contribution in [1.82, 2.24) is 14.2 Å². The lowest BCUT2D eigenvalue weighted by Gasteiger charge is -2.26. The molecule has 0 atom stereocenters. The predicted molar refractivity (Wildman–Crippen MR) is 114 cm³/mol. The van der Waals surface area contributed by atoms with E-state index in [0.717, 1.165) is 51.0 Å². The number of aromatic nitrogens is 1. The standard InChI is InChI=1S/C20H26N4O3S2/c1-2-23-13-10-16-17(14-23)28-20(21-16)22-19(25)15-8-4-5-9-18(15)29(26,27)24-11-6-3-7-12-24/h4-5,8-9H,2-3,6-7,10-14H2,1H3,(H,21,22,25). The smallest absolute Gasteiger partial charge is 0.258 e. The molecule has 1 saturated heterocycles. The van der Waals surface area contributed by atoms with E-state index >= 15 is 0 Å². The quantitative estimate of drug-likeness (QED) is 0.782. The zero-order chi connectivity index (χ0) is 20.4.